The summed E-state index contributed by atoms with van der Waals surface area (Å²) in [5, 5.41) is 9.16. The number of aromatic carboxylic acids is 1. The second kappa shape index (κ2) is 6.94. The van der Waals surface area contributed by atoms with Crippen LogP contribution < -0.4 is 0 Å². The molecular formula is C19H22N2O2. The molecule has 1 atom stereocenters. The first-order chi connectivity index (χ1) is 11.1. The van der Waals surface area contributed by atoms with E-state index in [2.05, 4.69) is 41.1 Å². The highest BCUT2D eigenvalue weighted by molar-refractivity contribution is 5.87. The third-order valence-corrected chi connectivity index (χ3v) is 4.44. The standard InChI is InChI=1S/C19H22N2O2/c1-20-10-11-21(18(14-20)16-7-3-2-4-8-16)13-15-6-5-9-17(12-15)19(22)23/h2-9,12,18H,10-11,13-14H2,1H3,(H,22,23). The first kappa shape index (κ1) is 15.7. The smallest absolute Gasteiger partial charge is 0.335 e. The Kier molecular flexibility index (Phi) is 4.74. The van der Waals surface area contributed by atoms with Crippen LogP contribution >= 0.6 is 0 Å². The lowest BCUT2D eigenvalue weighted by atomic mass is 10.0. The minimum absolute atomic E-state index is 0.337. The molecule has 4 nitrogen and oxygen atoms in total. The zero-order valence-electron chi connectivity index (χ0n) is 13.4. The zero-order valence-corrected chi connectivity index (χ0v) is 13.4. The van der Waals surface area contributed by atoms with Crippen molar-refractivity contribution < 1.29 is 9.90 Å². The number of nitrogens with zero attached hydrogens (tertiary/aromatic N) is 2. The van der Waals surface area contributed by atoms with Crippen LogP contribution in [0.5, 0.6) is 0 Å². The Labute approximate surface area is 137 Å². The van der Waals surface area contributed by atoms with Gasteiger partial charge in [0.2, 0.25) is 0 Å². The van der Waals surface area contributed by atoms with Crippen LogP contribution in [0.1, 0.15) is 27.5 Å². The lowest BCUT2D eigenvalue weighted by Crippen LogP contribution is -2.46. The normalized spacial score (nSPS) is 19.6. The van der Waals surface area contributed by atoms with E-state index in [-0.39, 0.29) is 0 Å². The van der Waals surface area contributed by atoms with Crippen molar-refractivity contribution in [2.45, 2.75) is 12.6 Å². The Hall–Kier alpha value is -2.17. The Morgan fingerprint density at radius 1 is 1.13 bits per heavy atom. The van der Waals surface area contributed by atoms with Gasteiger partial charge in [0.25, 0.3) is 0 Å². The maximum Gasteiger partial charge on any atom is 0.335 e. The fourth-order valence-electron chi connectivity index (χ4n) is 3.17. The summed E-state index contributed by atoms with van der Waals surface area (Å²) >= 11 is 0. The summed E-state index contributed by atoms with van der Waals surface area (Å²) in [4.78, 5) is 15.9. The molecule has 0 aromatic heterocycles. The van der Waals surface area contributed by atoms with Crippen molar-refractivity contribution in [1.82, 2.24) is 9.80 Å². The van der Waals surface area contributed by atoms with Crippen molar-refractivity contribution in [3.05, 3.63) is 71.3 Å². The van der Waals surface area contributed by atoms with E-state index in [1.165, 1.54) is 5.56 Å². The fourth-order valence-corrected chi connectivity index (χ4v) is 3.17. The van der Waals surface area contributed by atoms with Gasteiger partial charge in [-0.1, -0.05) is 42.5 Å². The van der Waals surface area contributed by atoms with Gasteiger partial charge in [0.1, 0.15) is 0 Å². The predicted octanol–water partition coefficient (Wildman–Crippen LogP) is 2.87. The molecule has 0 amide bonds. The van der Waals surface area contributed by atoms with Crippen LogP contribution in [0, 0.1) is 0 Å². The number of likely N-dealkylation sites (N-methyl/N-ethyl adjacent to an activating group) is 1. The average Bonchev–Trinajstić information content (AvgIpc) is 2.57. The van der Waals surface area contributed by atoms with E-state index >= 15 is 0 Å². The number of hydrogen-bond acceptors (Lipinski definition) is 3. The van der Waals surface area contributed by atoms with E-state index in [4.69, 9.17) is 5.11 Å². The Morgan fingerprint density at radius 2 is 1.91 bits per heavy atom. The largest absolute Gasteiger partial charge is 0.478 e. The SMILES string of the molecule is CN1CCN(Cc2cccc(C(=O)O)c2)C(c2ccccc2)C1. The summed E-state index contributed by atoms with van der Waals surface area (Å²) in [6.45, 7) is 3.77. The van der Waals surface area contributed by atoms with Crippen molar-refractivity contribution in [2.24, 2.45) is 0 Å². The monoisotopic (exact) mass is 310 g/mol. The molecule has 23 heavy (non-hydrogen) atoms. The van der Waals surface area contributed by atoms with Crippen LogP contribution in [0.4, 0.5) is 0 Å². The second-order valence-electron chi connectivity index (χ2n) is 6.16. The van der Waals surface area contributed by atoms with Crippen LogP contribution in [0.25, 0.3) is 0 Å². The molecule has 3 rings (SSSR count). The third kappa shape index (κ3) is 3.78. The van der Waals surface area contributed by atoms with E-state index in [0.717, 1.165) is 31.7 Å². The lowest BCUT2D eigenvalue weighted by molar-refractivity contribution is 0.0695. The number of carboxylic acids is 1. The molecule has 0 saturated carbocycles. The lowest BCUT2D eigenvalue weighted by Gasteiger charge is -2.40. The molecule has 1 unspecified atom stereocenters. The number of benzene rings is 2. The van der Waals surface area contributed by atoms with Crippen LogP contribution in [0.2, 0.25) is 0 Å². The number of carboxylic acid groups (broad SMARTS) is 1. The zero-order chi connectivity index (χ0) is 16.2. The molecule has 0 aliphatic carbocycles. The summed E-state index contributed by atoms with van der Waals surface area (Å²) in [6, 6.07) is 18.1. The molecule has 1 aliphatic heterocycles. The molecule has 120 valence electrons. The highest BCUT2D eigenvalue weighted by atomic mass is 16.4. The van der Waals surface area contributed by atoms with Crippen molar-refractivity contribution in [1.29, 1.82) is 0 Å². The van der Waals surface area contributed by atoms with Gasteiger partial charge in [-0.15, -0.1) is 0 Å². The Bertz CT molecular complexity index is 672. The highest BCUT2D eigenvalue weighted by Crippen LogP contribution is 2.26. The average molecular weight is 310 g/mol. The molecule has 1 fully saturated rings. The van der Waals surface area contributed by atoms with Crippen LogP contribution in [0.15, 0.2) is 54.6 Å². The molecular weight excluding hydrogens is 288 g/mol. The van der Waals surface area contributed by atoms with E-state index in [1.807, 2.05) is 18.2 Å². The summed E-state index contributed by atoms with van der Waals surface area (Å²) in [6.07, 6.45) is 0. The van der Waals surface area contributed by atoms with Gasteiger partial charge < -0.3 is 10.0 Å². The molecule has 1 N–H and O–H groups in total. The van der Waals surface area contributed by atoms with Crippen molar-refractivity contribution in [3.8, 4) is 0 Å². The van der Waals surface area contributed by atoms with E-state index in [9.17, 15) is 4.79 Å². The van der Waals surface area contributed by atoms with Gasteiger partial charge in [-0.25, -0.2) is 4.79 Å². The maximum absolute atomic E-state index is 11.2. The van der Waals surface area contributed by atoms with Crippen LogP contribution in [0.3, 0.4) is 0 Å². The van der Waals surface area contributed by atoms with Gasteiger partial charge in [-0.2, -0.15) is 0 Å². The molecule has 0 spiro atoms. The molecule has 1 heterocycles. The topological polar surface area (TPSA) is 43.8 Å². The van der Waals surface area contributed by atoms with Crippen molar-refractivity contribution in [3.63, 3.8) is 0 Å². The molecule has 0 radical (unpaired) electrons. The Balaban J connectivity index is 1.82. The summed E-state index contributed by atoms with van der Waals surface area (Å²) < 4.78 is 0. The van der Waals surface area contributed by atoms with Gasteiger partial charge in [0.15, 0.2) is 0 Å². The number of carbonyl (C=O) groups is 1. The number of piperazine rings is 1. The fraction of sp³-hybridized carbons (Fsp3) is 0.316. The van der Waals surface area contributed by atoms with Crippen molar-refractivity contribution >= 4 is 5.97 Å². The third-order valence-electron chi connectivity index (χ3n) is 4.44. The molecule has 2 aromatic carbocycles. The first-order valence-corrected chi connectivity index (χ1v) is 7.93. The summed E-state index contributed by atoms with van der Waals surface area (Å²) in [5.74, 6) is -0.871. The quantitative estimate of drug-likeness (QED) is 0.943. The molecule has 1 aliphatic rings. The number of rotatable bonds is 4. The Morgan fingerprint density at radius 3 is 2.65 bits per heavy atom. The minimum Gasteiger partial charge on any atom is -0.478 e. The maximum atomic E-state index is 11.2. The van der Waals surface area contributed by atoms with Gasteiger partial charge >= 0.3 is 5.97 Å². The molecule has 0 bridgehead atoms. The number of hydrogen-bond donors (Lipinski definition) is 1. The van der Waals surface area contributed by atoms with E-state index in [0.29, 0.717) is 11.6 Å². The summed E-state index contributed by atoms with van der Waals surface area (Å²) in [7, 11) is 2.15. The van der Waals surface area contributed by atoms with Crippen molar-refractivity contribution in [2.75, 3.05) is 26.7 Å². The molecule has 2 aromatic rings. The van der Waals surface area contributed by atoms with E-state index in [1.54, 1.807) is 12.1 Å². The van der Waals surface area contributed by atoms with Crippen LogP contribution in [-0.2, 0) is 6.54 Å². The van der Waals surface area contributed by atoms with Gasteiger partial charge in [0, 0.05) is 32.2 Å². The second-order valence-corrected chi connectivity index (χ2v) is 6.16. The highest BCUT2D eigenvalue weighted by Gasteiger charge is 2.26. The van der Waals surface area contributed by atoms with Gasteiger partial charge in [-0.3, -0.25) is 4.90 Å². The minimum atomic E-state index is -0.871. The first-order valence-electron chi connectivity index (χ1n) is 7.93. The van der Waals surface area contributed by atoms with Crippen LogP contribution in [-0.4, -0.2) is 47.6 Å². The molecule has 4 heteroatoms. The van der Waals surface area contributed by atoms with Gasteiger partial charge in [0.05, 0.1) is 5.56 Å². The summed E-state index contributed by atoms with van der Waals surface area (Å²) in [5.41, 5.74) is 2.72. The predicted molar refractivity (Wildman–Crippen MR) is 90.5 cm³/mol. The molecule has 1 saturated heterocycles. The van der Waals surface area contributed by atoms with E-state index < -0.39 is 5.97 Å². The van der Waals surface area contributed by atoms with Gasteiger partial charge in [-0.05, 0) is 30.3 Å².